The summed E-state index contributed by atoms with van der Waals surface area (Å²) in [6.45, 7) is 8.09. The van der Waals surface area contributed by atoms with Crippen molar-refractivity contribution in [3.63, 3.8) is 0 Å². The summed E-state index contributed by atoms with van der Waals surface area (Å²) < 4.78 is 11.0. The van der Waals surface area contributed by atoms with Crippen LogP contribution in [-0.2, 0) is 22.6 Å². The van der Waals surface area contributed by atoms with Crippen LogP contribution >= 0.6 is 11.3 Å². The Morgan fingerprint density at radius 2 is 2.00 bits per heavy atom. The second-order valence-electron chi connectivity index (χ2n) is 3.99. The molecule has 0 radical (unpaired) electrons. The molecule has 1 N–H and O–H groups in total. The van der Waals surface area contributed by atoms with Crippen LogP contribution in [0.2, 0.25) is 0 Å². The lowest BCUT2D eigenvalue weighted by Crippen LogP contribution is -2.05. The molecular weight excluding hydrogens is 234 g/mol. The lowest BCUT2D eigenvalue weighted by atomic mass is 10.2. The molecule has 0 saturated heterocycles. The van der Waals surface area contributed by atoms with E-state index in [4.69, 9.17) is 9.47 Å². The molecule has 0 bridgehead atoms. The maximum atomic E-state index is 5.60. The van der Waals surface area contributed by atoms with E-state index in [0.29, 0.717) is 19.8 Å². The Morgan fingerprint density at radius 3 is 2.71 bits per heavy atom. The van der Waals surface area contributed by atoms with Gasteiger partial charge in [-0.2, -0.15) is 0 Å². The topological polar surface area (TPSA) is 30.5 Å². The van der Waals surface area contributed by atoms with Gasteiger partial charge in [0.05, 0.1) is 19.8 Å². The Morgan fingerprint density at radius 1 is 1.24 bits per heavy atom. The Labute approximate surface area is 108 Å². The first-order chi connectivity index (χ1) is 8.27. The van der Waals surface area contributed by atoms with Crippen molar-refractivity contribution in [1.29, 1.82) is 0 Å². The number of ether oxygens (including phenoxy) is 2. The van der Waals surface area contributed by atoms with Crippen molar-refractivity contribution in [2.24, 2.45) is 0 Å². The molecular formula is C13H23NO2S. The normalized spacial score (nSPS) is 11.0. The fourth-order valence-corrected chi connectivity index (χ4v) is 2.60. The fourth-order valence-electron chi connectivity index (χ4n) is 1.54. The molecule has 0 aliphatic heterocycles. The van der Waals surface area contributed by atoms with E-state index in [2.05, 4.69) is 25.2 Å². The highest BCUT2D eigenvalue weighted by molar-refractivity contribution is 7.12. The SMILES string of the molecule is CCCOCCOCc1cc(CNC)sc1C. The lowest BCUT2D eigenvalue weighted by molar-refractivity contribution is 0.0408. The average molecular weight is 257 g/mol. The smallest absolute Gasteiger partial charge is 0.0728 e. The number of thiophene rings is 1. The van der Waals surface area contributed by atoms with Crippen LogP contribution in [0.1, 0.15) is 28.7 Å². The molecule has 0 fully saturated rings. The summed E-state index contributed by atoms with van der Waals surface area (Å²) in [4.78, 5) is 2.72. The van der Waals surface area contributed by atoms with Crippen LogP contribution in [0.15, 0.2) is 6.07 Å². The average Bonchev–Trinajstić information content (AvgIpc) is 2.65. The molecule has 1 rings (SSSR count). The van der Waals surface area contributed by atoms with E-state index in [1.54, 1.807) is 0 Å². The van der Waals surface area contributed by atoms with Gasteiger partial charge in [-0.05, 0) is 32.0 Å². The Kier molecular flexibility index (Phi) is 7.44. The van der Waals surface area contributed by atoms with Crippen LogP contribution in [0.5, 0.6) is 0 Å². The minimum Gasteiger partial charge on any atom is -0.379 e. The van der Waals surface area contributed by atoms with Crippen molar-refractivity contribution in [2.75, 3.05) is 26.9 Å². The molecule has 0 amide bonds. The minimum absolute atomic E-state index is 0.677. The molecule has 3 nitrogen and oxygen atoms in total. The summed E-state index contributed by atoms with van der Waals surface area (Å²) >= 11 is 1.84. The number of hydrogen-bond acceptors (Lipinski definition) is 4. The van der Waals surface area contributed by atoms with Crippen molar-refractivity contribution in [1.82, 2.24) is 5.32 Å². The molecule has 1 aromatic rings. The van der Waals surface area contributed by atoms with Crippen molar-refractivity contribution >= 4 is 11.3 Å². The first-order valence-corrected chi connectivity index (χ1v) is 6.97. The predicted octanol–water partition coefficient (Wildman–Crippen LogP) is 2.72. The molecule has 1 heterocycles. The van der Waals surface area contributed by atoms with Crippen molar-refractivity contribution < 1.29 is 9.47 Å². The second-order valence-corrected chi connectivity index (χ2v) is 5.33. The van der Waals surface area contributed by atoms with Crippen molar-refractivity contribution in [2.45, 2.75) is 33.4 Å². The fraction of sp³-hybridized carbons (Fsp3) is 0.692. The van der Waals surface area contributed by atoms with E-state index in [-0.39, 0.29) is 0 Å². The molecule has 0 unspecified atom stereocenters. The third-order valence-corrected chi connectivity index (χ3v) is 3.49. The Balaban J connectivity index is 2.21. The van der Waals surface area contributed by atoms with E-state index in [1.807, 2.05) is 18.4 Å². The summed E-state index contributed by atoms with van der Waals surface area (Å²) in [5.74, 6) is 0. The van der Waals surface area contributed by atoms with Crippen LogP contribution < -0.4 is 5.32 Å². The number of hydrogen-bond donors (Lipinski definition) is 1. The quantitative estimate of drug-likeness (QED) is 0.690. The van der Waals surface area contributed by atoms with Gasteiger partial charge < -0.3 is 14.8 Å². The highest BCUT2D eigenvalue weighted by atomic mass is 32.1. The van der Waals surface area contributed by atoms with Gasteiger partial charge in [0.25, 0.3) is 0 Å². The van der Waals surface area contributed by atoms with E-state index in [0.717, 1.165) is 19.6 Å². The number of aryl methyl sites for hydroxylation is 1. The summed E-state index contributed by atoms with van der Waals surface area (Å²) in [6.07, 6.45) is 1.07. The van der Waals surface area contributed by atoms with Crippen LogP contribution in [0, 0.1) is 6.92 Å². The molecule has 98 valence electrons. The molecule has 0 aromatic carbocycles. The summed E-state index contributed by atoms with van der Waals surface area (Å²) in [5.41, 5.74) is 1.30. The van der Waals surface area contributed by atoms with Gasteiger partial charge in [0.2, 0.25) is 0 Å². The highest BCUT2D eigenvalue weighted by Crippen LogP contribution is 2.22. The zero-order chi connectivity index (χ0) is 12.5. The summed E-state index contributed by atoms with van der Waals surface area (Å²) in [7, 11) is 1.97. The number of rotatable bonds is 9. The number of nitrogens with one attached hydrogen (secondary N) is 1. The van der Waals surface area contributed by atoms with E-state index < -0.39 is 0 Å². The van der Waals surface area contributed by atoms with Crippen LogP contribution in [0.25, 0.3) is 0 Å². The lowest BCUT2D eigenvalue weighted by Gasteiger charge is -2.04. The molecule has 0 aliphatic carbocycles. The maximum absolute atomic E-state index is 5.60. The van der Waals surface area contributed by atoms with E-state index in [9.17, 15) is 0 Å². The standard InChI is InChI=1S/C13H23NO2S/c1-4-5-15-6-7-16-10-12-8-13(9-14-3)17-11(12)2/h8,14H,4-7,9-10H2,1-3H3. The van der Waals surface area contributed by atoms with Crippen LogP contribution in [0.3, 0.4) is 0 Å². The zero-order valence-corrected chi connectivity index (χ0v) is 11.9. The second kappa shape index (κ2) is 8.64. The van der Waals surface area contributed by atoms with Gasteiger partial charge in [0, 0.05) is 22.9 Å². The zero-order valence-electron chi connectivity index (χ0n) is 11.0. The van der Waals surface area contributed by atoms with Crippen molar-refractivity contribution in [3.8, 4) is 0 Å². The third kappa shape index (κ3) is 5.64. The molecule has 1 aromatic heterocycles. The Hall–Kier alpha value is -0.420. The van der Waals surface area contributed by atoms with Gasteiger partial charge in [0.1, 0.15) is 0 Å². The monoisotopic (exact) mass is 257 g/mol. The molecule has 17 heavy (non-hydrogen) atoms. The molecule has 0 aliphatic rings. The molecule has 0 saturated carbocycles. The van der Waals surface area contributed by atoms with Gasteiger partial charge in [-0.15, -0.1) is 11.3 Å². The Bertz CT molecular complexity index is 312. The third-order valence-electron chi connectivity index (χ3n) is 2.40. The molecule has 0 spiro atoms. The van der Waals surface area contributed by atoms with E-state index >= 15 is 0 Å². The first kappa shape index (κ1) is 14.6. The minimum atomic E-state index is 0.677. The van der Waals surface area contributed by atoms with Gasteiger partial charge in [-0.1, -0.05) is 6.92 Å². The predicted molar refractivity (Wildman–Crippen MR) is 72.6 cm³/mol. The van der Waals surface area contributed by atoms with E-state index in [1.165, 1.54) is 15.3 Å². The first-order valence-electron chi connectivity index (χ1n) is 6.16. The molecule has 0 atom stereocenters. The summed E-state index contributed by atoms with van der Waals surface area (Å²) in [6, 6.07) is 2.23. The van der Waals surface area contributed by atoms with Gasteiger partial charge in [0.15, 0.2) is 0 Å². The maximum Gasteiger partial charge on any atom is 0.0728 e. The molecule has 4 heteroatoms. The van der Waals surface area contributed by atoms with Gasteiger partial charge in [-0.3, -0.25) is 0 Å². The largest absolute Gasteiger partial charge is 0.379 e. The highest BCUT2D eigenvalue weighted by Gasteiger charge is 2.04. The van der Waals surface area contributed by atoms with Crippen LogP contribution in [0.4, 0.5) is 0 Å². The summed E-state index contributed by atoms with van der Waals surface area (Å²) in [5, 5.41) is 3.16. The van der Waals surface area contributed by atoms with Crippen molar-refractivity contribution in [3.05, 3.63) is 21.4 Å². The van der Waals surface area contributed by atoms with Crippen LogP contribution in [-0.4, -0.2) is 26.9 Å². The van der Waals surface area contributed by atoms with Gasteiger partial charge >= 0.3 is 0 Å². The van der Waals surface area contributed by atoms with Gasteiger partial charge in [-0.25, -0.2) is 0 Å².